The molecule has 1 N–H and O–H groups in total. The smallest absolute Gasteiger partial charge is 0.185 e. The Labute approximate surface area is 115 Å². The second kappa shape index (κ2) is 6.02. The minimum absolute atomic E-state index is 0.101. The number of aromatic hydroxyl groups is 1. The summed E-state index contributed by atoms with van der Waals surface area (Å²) >= 11 is 0. The van der Waals surface area contributed by atoms with E-state index in [2.05, 4.69) is 0 Å². The molecule has 0 saturated heterocycles. The molecular weight excluding hydrogens is 259 g/mol. The van der Waals surface area contributed by atoms with Crippen molar-refractivity contribution in [1.29, 1.82) is 0 Å². The van der Waals surface area contributed by atoms with Gasteiger partial charge in [0, 0.05) is 5.56 Å². The van der Waals surface area contributed by atoms with Crippen molar-refractivity contribution in [2.24, 2.45) is 0 Å². The van der Waals surface area contributed by atoms with Crippen molar-refractivity contribution in [3.63, 3.8) is 0 Å². The van der Waals surface area contributed by atoms with E-state index in [1.54, 1.807) is 18.2 Å². The van der Waals surface area contributed by atoms with Crippen LogP contribution in [-0.2, 0) is 0 Å². The molecule has 2 aromatic rings. The lowest BCUT2D eigenvalue weighted by Crippen LogP contribution is -1.96. The number of methoxy groups -OCH3 is 1. The van der Waals surface area contributed by atoms with Crippen LogP contribution in [0.25, 0.3) is 6.08 Å². The highest BCUT2D eigenvalue weighted by Crippen LogP contribution is 2.18. The maximum atomic E-state index is 13.5. The van der Waals surface area contributed by atoms with Crippen LogP contribution in [0.4, 0.5) is 4.39 Å². The van der Waals surface area contributed by atoms with E-state index in [1.807, 2.05) is 0 Å². The molecule has 0 aliphatic rings. The molecule has 3 nitrogen and oxygen atoms in total. The minimum atomic E-state index is -0.573. The molecule has 0 fully saturated rings. The molecule has 0 saturated carbocycles. The summed E-state index contributed by atoms with van der Waals surface area (Å²) in [5, 5.41) is 9.15. The van der Waals surface area contributed by atoms with Crippen LogP contribution in [0.15, 0.2) is 48.5 Å². The van der Waals surface area contributed by atoms with Crippen molar-refractivity contribution in [3.8, 4) is 11.5 Å². The maximum Gasteiger partial charge on any atom is 0.185 e. The van der Waals surface area contributed by atoms with E-state index in [1.165, 1.54) is 37.5 Å². The van der Waals surface area contributed by atoms with E-state index in [4.69, 9.17) is 9.84 Å². The van der Waals surface area contributed by atoms with E-state index in [0.717, 1.165) is 11.6 Å². The zero-order valence-electron chi connectivity index (χ0n) is 10.8. The quantitative estimate of drug-likeness (QED) is 0.685. The Morgan fingerprint density at radius 2 is 1.90 bits per heavy atom. The topological polar surface area (TPSA) is 46.5 Å². The minimum Gasteiger partial charge on any atom is -0.508 e. The van der Waals surface area contributed by atoms with Gasteiger partial charge in [-0.25, -0.2) is 4.39 Å². The molecule has 102 valence electrons. The Balaban J connectivity index is 2.15. The average Bonchev–Trinajstić information content (AvgIpc) is 2.46. The third-order valence-electron chi connectivity index (χ3n) is 2.76. The third-order valence-corrected chi connectivity index (χ3v) is 2.76. The van der Waals surface area contributed by atoms with Crippen LogP contribution in [0.3, 0.4) is 0 Å². The first-order valence-corrected chi connectivity index (χ1v) is 5.95. The summed E-state index contributed by atoms with van der Waals surface area (Å²) in [5.41, 5.74) is 1.02. The van der Waals surface area contributed by atoms with Gasteiger partial charge >= 0.3 is 0 Å². The summed E-state index contributed by atoms with van der Waals surface area (Å²) in [6.07, 6.45) is 2.96. The van der Waals surface area contributed by atoms with Crippen molar-refractivity contribution in [2.45, 2.75) is 0 Å². The molecule has 2 aromatic carbocycles. The lowest BCUT2D eigenvalue weighted by molar-refractivity contribution is 0.104. The normalized spacial score (nSPS) is 10.7. The van der Waals surface area contributed by atoms with Gasteiger partial charge in [-0.15, -0.1) is 0 Å². The van der Waals surface area contributed by atoms with Gasteiger partial charge in [-0.05, 0) is 42.0 Å². The van der Waals surface area contributed by atoms with Crippen LogP contribution in [0.2, 0.25) is 0 Å². The molecule has 0 bridgehead atoms. The number of phenols is 1. The van der Waals surface area contributed by atoms with E-state index in [-0.39, 0.29) is 22.8 Å². The molecule has 0 atom stereocenters. The van der Waals surface area contributed by atoms with Crippen molar-refractivity contribution in [2.75, 3.05) is 7.11 Å². The third kappa shape index (κ3) is 3.23. The summed E-state index contributed by atoms with van der Waals surface area (Å²) in [4.78, 5) is 11.9. The maximum absolute atomic E-state index is 13.5. The fraction of sp³-hybridized carbons (Fsp3) is 0.0625. The first-order chi connectivity index (χ1) is 9.60. The first kappa shape index (κ1) is 13.8. The summed E-state index contributed by atoms with van der Waals surface area (Å²) in [6.45, 7) is 0. The number of hydrogen-bond donors (Lipinski definition) is 1. The average molecular weight is 272 g/mol. The number of halogens is 1. The Morgan fingerprint density at radius 3 is 2.50 bits per heavy atom. The Morgan fingerprint density at radius 1 is 1.20 bits per heavy atom. The number of carbonyl (C=O) groups is 1. The fourth-order valence-electron chi connectivity index (χ4n) is 1.67. The zero-order valence-corrected chi connectivity index (χ0v) is 10.8. The highest BCUT2D eigenvalue weighted by Gasteiger charge is 2.07. The van der Waals surface area contributed by atoms with Gasteiger partial charge in [0.1, 0.15) is 5.75 Å². The van der Waals surface area contributed by atoms with Gasteiger partial charge < -0.3 is 9.84 Å². The van der Waals surface area contributed by atoms with Crippen LogP contribution in [0, 0.1) is 5.82 Å². The van der Waals surface area contributed by atoms with Gasteiger partial charge in [0.25, 0.3) is 0 Å². The highest BCUT2D eigenvalue weighted by molar-refractivity contribution is 6.06. The molecule has 0 heterocycles. The van der Waals surface area contributed by atoms with E-state index >= 15 is 0 Å². The molecule has 0 radical (unpaired) electrons. The number of hydrogen-bond acceptors (Lipinski definition) is 3. The van der Waals surface area contributed by atoms with Crippen molar-refractivity contribution in [3.05, 3.63) is 65.5 Å². The monoisotopic (exact) mass is 272 g/mol. The summed E-state index contributed by atoms with van der Waals surface area (Å²) < 4.78 is 18.3. The Kier molecular flexibility index (Phi) is 4.15. The molecular formula is C16H13FO3. The molecule has 0 aromatic heterocycles. The van der Waals surface area contributed by atoms with Gasteiger partial charge in [-0.2, -0.15) is 0 Å². The second-order valence-electron chi connectivity index (χ2n) is 4.14. The lowest BCUT2D eigenvalue weighted by atomic mass is 10.1. The fourth-order valence-corrected chi connectivity index (χ4v) is 1.67. The molecule has 0 unspecified atom stereocenters. The van der Waals surface area contributed by atoms with Crippen LogP contribution in [0.1, 0.15) is 15.9 Å². The van der Waals surface area contributed by atoms with Gasteiger partial charge in [-0.1, -0.05) is 18.2 Å². The van der Waals surface area contributed by atoms with Crippen LogP contribution >= 0.6 is 0 Å². The standard InChI is InChI=1S/C16H13FO3/c1-20-16-9-5-12(10-14(16)17)15(19)8-4-11-2-6-13(18)7-3-11/h2-10,18H,1H3/b8-4+. The number of carbonyl (C=O) groups excluding carboxylic acids is 1. The number of phenolic OH excluding ortho intramolecular Hbond substituents is 1. The van der Waals surface area contributed by atoms with Crippen molar-refractivity contribution >= 4 is 11.9 Å². The second-order valence-corrected chi connectivity index (χ2v) is 4.14. The molecule has 2 rings (SSSR count). The largest absolute Gasteiger partial charge is 0.508 e. The van der Waals surface area contributed by atoms with Gasteiger partial charge in [-0.3, -0.25) is 4.79 Å². The summed E-state index contributed by atoms with van der Waals surface area (Å²) in [7, 11) is 1.37. The molecule has 0 aliphatic heterocycles. The van der Waals surface area contributed by atoms with Crippen molar-refractivity contribution in [1.82, 2.24) is 0 Å². The van der Waals surface area contributed by atoms with E-state index < -0.39 is 5.82 Å². The highest BCUT2D eigenvalue weighted by atomic mass is 19.1. The molecule has 4 heteroatoms. The number of benzene rings is 2. The Hall–Kier alpha value is -2.62. The molecule has 0 aliphatic carbocycles. The van der Waals surface area contributed by atoms with Gasteiger partial charge in [0.15, 0.2) is 17.3 Å². The van der Waals surface area contributed by atoms with E-state index in [0.29, 0.717) is 0 Å². The number of rotatable bonds is 4. The summed E-state index contributed by atoms with van der Waals surface area (Å²) in [6, 6.07) is 10.5. The number of allylic oxidation sites excluding steroid dienone is 1. The Bertz CT molecular complexity index is 645. The van der Waals surface area contributed by atoms with Crippen LogP contribution in [0.5, 0.6) is 11.5 Å². The molecule has 0 spiro atoms. The first-order valence-electron chi connectivity index (χ1n) is 5.95. The van der Waals surface area contributed by atoms with Gasteiger partial charge in [0.2, 0.25) is 0 Å². The predicted octanol–water partition coefficient (Wildman–Crippen LogP) is 3.44. The van der Waals surface area contributed by atoms with Crippen LogP contribution in [-0.4, -0.2) is 18.0 Å². The predicted molar refractivity (Wildman–Crippen MR) is 74.4 cm³/mol. The lowest BCUT2D eigenvalue weighted by Gasteiger charge is -2.02. The summed E-state index contributed by atoms with van der Waals surface area (Å²) in [5.74, 6) is -0.620. The SMILES string of the molecule is COc1ccc(C(=O)/C=C/c2ccc(O)cc2)cc1F. The van der Waals surface area contributed by atoms with E-state index in [9.17, 15) is 9.18 Å². The zero-order chi connectivity index (χ0) is 14.5. The van der Waals surface area contributed by atoms with Gasteiger partial charge in [0.05, 0.1) is 7.11 Å². The van der Waals surface area contributed by atoms with Crippen molar-refractivity contribution < 1.29 is 19.0 Å². The van der Waals surface area contributed by atoms with Crippen LogP contribution < -0.4 is 4.74 Å². The number of ether oxygens (including phenoxy) is 1. The molecule has 20 heavy (non-hydrogen) atoms. The molecule has 0 amide bonds. The number of ketones is 1.